The van der Waals surface area contributed by atoms with E-state index in [1.165, 1.54) is 14.2 Å². The highest BCUT2D eigenvalue weighted by atomic mass is 32.1. The fourth-order valence-electron chi connectivity index (χ4n) is 2.56. The Kier molecular flexibility index (Phi) is 7.88. The first-order valence-electron chi connectivity index (χ1n) is 8.81. The molecule has 0 saturated heterocycles. The van der Waals surface area contributed by atoms with Crippen molar-refractivity contribution in [2.24, 2.45) is 7.05 Å². The smallest absolute Gasteiger partial charge is 0.305 e. The van der Waals surface area contributed by atoms with Crippen LogP contribution < -0.4 is 21.7 Å². The number of hydrazine groups is 1. The second kappa shape index (κ2) is 10.4. The molecule has 1 aromatic heterocycles. The van der Waals surface area contributed by atoms with Gasteiger partial charge in [0, 0.05) is 25.4 Å². The van der Waals surface area contributed by atoms with Crippen molar-refractivity contribution in [3.05, 3.63) is 40.3 Å². The van der Waals surface area contributed by atoms with Crippen molar-refractivity contribution >= 4 is 40.0 Å². The van der Waals surface area contributed by atoms with Gasteiger partial charge in [-0.2, -0.15) is 5.10 Å². The number of hydrogen-bond donors (Lipinski definition) is 3. The number of carbonyl (C=O) groups excluding carboxylic acids is 2. The maximum Gasteiger partial charge on any atom is 0.305 e. The topological polar surface area (TPSA) is 114 Å². The summed E-state index contributed by atoms with van der Waals surface area (Å²) in [6.45, 7) is 0.601. The van der Waals surface area contributed by atoms with Crippen molar-refractivity contribution in [2.45, 2.75) is 25.7 Å². The summed E-state index contributed by atoms with van der Waals surface area (Å²) in [5.41, 5.74) is 4.95. The third-order valence-electron chi connectivity index (χ3n) is 4.03. The number of methoxy groups -OCH3 is 1. The summed E-state index contributed by atoms with van der Waals surface area (Å²) in [6.07, 6.45) is 2.82. The zero-order valence-corrected chi connectivity index (χ0v) is 16.6. The number of carbonyl (C=O) groups is 2. The number of aromatic nitrogens is 2. The van der Waals surface area contributed by atoms with Crippen molar-refractivity contribution in [1.82, 2.24) is 25.9 Å². The first-order chi connectivity index (χ1) is 13.4. The summed E-state index contributed by atoms with van der Waals surface area (Å²) in [6, 6.07) is 6.79. The quantitative estimate of drug-likeness (QED) is 0.268. The average molecular weight is 405 g/mol. The number of nitrogens with one attached hydrogen (secondary N) is 3. The SMILES string of the molecule is COC(=O)CCCCCNC(=S)NNC(=O)c1nn(C)c(=O)c2ccccc12. The molecular formula is C18H23N5O4S. The summed E-state index contributed by atoms with van der Waals surface area (Å²) in [5, 5.41) is 8.15. The minimum atomic E-state index is -0.506. The number of aryl methyl sites for hydroxylation is 1. The molecule has 0 aliphatic rings. The number of esters is 1. The number of thiocarbonyl (C=S) groups is 1. The summed E-state index contributed by atoms with van der Waals surface area (Å²) < 4.78 is 5.70. The first kappa shape index (κ1) is 21.3. The normalized spacial score (nSPS) is 10.4. The highest BCUT2D eigenvalue weighted by molar-refractivity contribution is 7.80. The van der Waals surface area contributed by atoms with Gasteiger partial charge in [0.1, 0.15) is 0 Å². The van der Waals surface area contributed by atoms with Crippen LogP contribution in [0.3, 0.4) is 0 Å². The van der Waals surface area contributed by atoms with Crippen LogP contribution in [0.25, 0.3) is 10.8 Å². The zero-order valence-electron chi connectivity index (χ0n) is 15.8. The molecule has 0 aliphatic carbocycles. The molecule has 0 saturated carbocycles. The van der Waals surface area contributed by atoms with E-state index in [0.717, 1.165) is 23.9 Å². The number of unbranched alkanes of at least 4 members (excludes halogenated alkanes) is 2. The van der Waals surface area contributed by atoms with Gasteiger partial charge in [-0.15, -0.1) is 0 Å². The van der Waals surface area contributed by atoms with E-state index in [-0.39, 0.29) is 22.3 Å². The lowest BCUT2D eigenvalue weighted by atomic mass is 10.1. The van der Waals surface area contributed by atoms with Gasteiger partial charge in [0.25, 0.3) is 11.5 Å². The summed E-state index contributed by atoms with van der Waals surface area (Å²) >= 11 is 5.12. The van der Waals surface area contributed by atoms with Crippen LogP contribution in [0.2, 0.25) is 0 Å². The van der Waals surface area contributed by atoms with Crippen LogP contribution in [0, 0.1) is 0 Å². The Bertz CT molecular complexity index is 928. The molecule has 28 heavy (non-hydrogen) atoms. The van der Waals surface area contributed by atoms with E-state index >= 15 is 0 Å². The van der Waals surface area contributed by atoms with E-state index in [1.54, 1.807) is 24.3 Å². The largest absolute Gasteiger partial charge is 0.469 e. The molecule has 9 nitrogen and oxygen atoms in total. The number of nitrogens with zero attached hydrogens (tertiary/aromatic N) is 2. The van der Waals surface area contributed by atoms with Gasteiger partial charge in [-0.25, -0.2) is 4.68 Å². The number of rotatable bonds is 7. The van der Waals surface area contributed by atoms with E-state index in [2.05, 4.69) is 26.0 Å². The monoisotopic (exact) mass is 405 g/mol. The van der Waals surface area contributed by atoms with E-state index in [9.17, 15) is 14.4 Å². The molecule has 3 N–H and O–H groups in total. The van der Waals surface area contributed by atoms with Crippen molar-refractivity contribution in [3.63, 3.8) is 0 Å². The molecule has 0 spiro atoms. The fraction of sp³-hybridized carbons (Fsp3) is 0.389. The number of amides is 1. The molecule has 0 bridgehead atoms. The van der Waals surface area contributed by atoms with Gasteiger partial charge in [0.15, 0.2) is 10.8 Å². The highest BCUT2D eigenvalue weighted by Gasteiger charge is 2.15. The Hall–Kier alpha value is -3.01. The second-order valence-electron chi connectivity index (χ2n) is 6.04. The lowest BCUT2D eigenvalue weighted by Gasteiger charge is -2.12. The predicted octanol–water partition coefficient (Wildman–Crippen LogP) is 0.776. The molecule has 0 unspecified atom stereocenters. The maximum atomic E-state index is 12.5. The van der Waals surface area contributed by atoms with Gasteiger partial charge in [0.05, 0.1) is 12.5 Å². The van der Waals surface area contributed by atoms with Crippen molar-refractivity contribution in [2.75, 3.05) is 13.7 Å². The molecule has 2 aromatic rings. The summed E-state index contributed by atoms with van der Waals surface area (Å²) in [5.74, 6) is -0.721. The Morgan fingerprint density at radius 1 is 1.14 bits per heavy atom. The molecule has 2 rings (SSSR count). The van der Waals surface area contributed by atoms with Gasteiger partial charge in [-0.3, -0.25) is 25.2 Å². The number of hydrogen-bond acceptors (Lipinski definition) is 6. The Balaban J connectivity index is 1.82. The third kappa shape index (κ3) is 5.74. The minimum Gasteiger partial charge on any atom is -0.469 e. The van der Waals surface area contributed by atoms with Crippen molar-refractivity contribution < 1.29 is 14.3 Å². The fourth-order valence-corrected chi connectivity index (χ4v) is 2.71. The van der Waals surface area contributed by atoms with Crippen LogP contribution >= 0.6 is 12.2 Å². The van der Waals surface area contributed by atoms with Crippen LogP contribution in [-0.2, 0) is 16.6 Å². The molecule has 150 valence electrons. The average Bonchev–Trinajstić information content (AvgIpc) is 2.71. The molecule has 0 aliphatic heterocycles. The molecule has 1 amide bonds. The van der Waals surface area contributed by atoms with Crippen LogP contribution in [0.5, 0.6) is 0 Å². The summed E-state index contributed by atoms with van der Waals surface area (Å²) in [4.78, 5) is 35.6. The number of fused-ring (bicyclic) bond motifs is 1. The predicted molar refractivity (Wildman–Crippen MR) is 109 cm³/mol. The standard InChI is InChI=1S/C18H23N5O4S/c1-23-17(26)13-9-6-5-8-12(13)15(22-23)16(25)20-21-18(28)19-11-7-3-4-10-14(24)27-2/h5-6,8-9H,3-4,7,10-11H2,1-2H3,(H,20,25)(H2,19,21,28). The number of ether oxygens (including phenoxy) is 1. The van der Waals surface area contributed by atoms with Gasteiger partial charge in [-0.05, 0) is 31.1 Å². The van der Waals surface area contributed by atoms with Crippen molar-refractivity contribution in [1.29, 1.82) is 0 Å². The number of benzene rings is 1. The van der Waals surface area contributed by atoms with Crippen molar-refractivity contribution in [3.8, 4) is 0 Å². The van der Waals surface area contributed by atoms with E-state index in [4.69, 9.17) is 12.2 Å². The first-order valence-corrected chi connectivity index (χ1v) is 9.22. The van der Waals surface area contributed by atoms with Gasteiger partial charge in [0.2, 0.25) is 0 Å². The molecule has 10 heteroatoms. The summed E-state index contributed by atoms with van der Waals surface area (Å²) in [7, 11) is 2.86. The highest BCUT2D eigenvalue weighted by Crippen LogP contribution is 2.12. The molecule has 0 atom stereocenters. The van der Waals surface area contributed by atoms with Gasteiger partial charge < -0.3 is 10.1 Å². The molecular weight excluding hydrogens is 382 g/mol. The van der Waals surface area contributed by atoms with Crippen LogP contribution in [0.1, 0.15) is 36.2 Å². The molecule has 0 fully saturated rings. The zero-order chi connectivity index (χ0) is 20.5. The van der Waals surface area contributed by atoms with E-state index in [1.807, 2.05) is 0 Å². The third-order valence-corrected chi connectivity index (χ3v) is 4.28. The molecule has 1 aromatic carbocycles. The van der Waals surface area contributed by atoms with Crippen LogP contribution in [-0.4, -0.2) is 40.4 Å². The second-order valence-corrected chi connectivity index (χ2v) is 6.45. The lowest BCUT2D eigenvalue weighted by Crippen LogP contribution is -2.47. The van der Waals surface area contributed by atoms with E-state index in [0.29, 0.717) is 23.7 Å². The van der Waals surface area contributed by atoms with E-state index < -0.39 is 5.91 Å². The van der Waals surface area contributed by atoms with Gasteiger partial charge in [-0.1, -0.05) is 24.6 Å². The van der Waals surface area contributed by atoms with Gasteiger partial charge >= 0.3 is 5.97 Å². The molecule has 0 radical (unpaired) electrons. The Morgan fingerprint density at radius 3 is 2.57 bits per heavy atom. The Morgan fingerprint density at radius 2 is 1.86 bits per heavy atom. The van der Waals surface area contributed by atoms with Crippen LogP contribution in [0.4, 0.5) is 0 Å². The molecule has 1 heterocycles. The van der Waals surface area contributed by atoms with Crippen LogP contribution in [0.15, 0.2) is 29.1 Å². The minimum absolute atomic E-state index is 0.121. The maximum absolute atomic E-state index is 12.5. The lowest BCUT2D eigenvalue weighted by molar-refractivity contribution is -0.140. The Labute approximate surface area is 167 Å².